The van der Waals surface area contributed by atoms with E-state index in [-0.39, 0.29) is 12.0 Å². The van der Waals surface area contributed by atoms with Crippen molar-refractivity contribution >= 4 is 11.9 Å². The van der Waals surface area contributed by atoms with Crippen LogP contribution in [0.4, 0.5) is 0 Å². The van der Waals surface area contributed by atoms with Crippen LogP contribution in [-0.2, 0) is 14.3 Å². The van der Waals surface area contributed by atoms with Crippen LogP contribution >= 0.6 is 0 Å². The molecule has 0 amide bonds. The molecule has 1 aromatic carbocycles. The number of rotatable bonds is 8. The van der Waals surface area contributed by atoms with Crippen molar-refractivity contribution in [3.05, 3.63) is 35.4 Å². The highest BCUT2D eigenvalue weighted by Gasteiger charge is 2.35. The van der Waals surface area contributed by atoms with Crippen LogP contribution in [0.25, 0.3) is 0 Å². The van der Waals surface area contributed by atoms with Gasteiger partial charge in [-0.2, -0.15) is 0 Å². The van der Waals surface area contributed by atoms with E-state index in [0.717, 1.165) is 19.3 Å². The molecular formula is C24H36O4. The second kappa shape index (κ2) is 9.11. The van der Waals surface area contributed by atoms with E-state index in [0.29, 0.717) is 17.4 Å². The molecule has 0 N–H and O–H groups in total. The lowest BCUT2D eigenvalue weighted by atomic mass is 9.74. The van der Waals surface area contributed by atoms with Gasteiger partial charge in [-0.1, -0.05) is 59.1 Å². The average molecular weight is 389 g/mol. The molecule has 4 heteroatoms. The van der Waals surface area contributed by atoms with Crippen LogP contribution in [0.1, 0.15) is 95.5 Å². The van der Waals surface area contributed by atoms with Crippen LogP contribution in [-0.4, -0.2) is 24.1 Å². The zero-order valence-corrected chi connectivity index (χ0v) is 18.3. The predicted molar refractivity (Wildman–Crippen MR) is 111 cm³/mol. The van der Waals surface area contributed by atoms with Crippen molar-refractivity contribution in [2.45, 2.75) is 85.2 Å². The molecular weight excluding hydrogens is 352 g/mol. The van der Waals surface area contributed by atoms with E-state index in [4.69, 9.17) is 9.47 Å². The van der Waals surface area contributed by atoms with Crippen LogP contribution in [0.2, 0.25) is 0 Å². The summed E-state index contributed by atoms with van der Waals surface area (Å²) in [6.07, 6.45) is 5.62. The number of esters is 2. The summed E-state index contributed by atoms with van der Waals surface area (Å²) in [5.74, 6) is -0.214. The number of carbonyl (C=O) groups excluding carboxylic acids is 2. The standard InChI is InChI=1S/C24H36O4/c1-7-23(3,4)17(2)18-12-14-19(15-13-18)22(26)27-16-21(25)28-24(5,6)20-10-8-9-11-20/h12-15,17,20H,7-11,16H2,1-6H3. The van der Waals surface area contributed by atoms with Crippen molar-refractivity contribution in [3.8, 4) is 0 Å². The lowest BCUT2D eigenvalue weighted by Gasteiger charge is -2.31. The minimum atomic E-state index is -0.510. The molecule has 0 aromatic heterocycles. The van der Waals surface area contributed by atoms with Crippen LogP contribution in [0, 0.1) is 11.3 Å². The van der Waals surface area contributed by atoms with Crippen LogP contribution in [0.5, 0.6) is 0 Å². The third-order valence-corrected chi connectivity index (χ3v) is 6.77. The molecule has 28 heavy (non-hydrogen) atoms. The zero-order chi connectivity index (χ0) is 20.9. The number of hydrogen-bond donors (Lipinski definition) is 0. The molecule has 2 rings (SSSR count). The van der Waals surface area contributed by atoms with Crippen LogP contribution in [0.15, 0.2) is 24.3 Å². The Balaban J connectivity index is 1.88. The molecule has 1 atom stereocenters. The lowest BCUT2D eigenvalue weighted by Crippen LogP contribution is -2.36. The molecule has 1 fully saturated rings. The Kier molecular flexibility index (Phi) is 7.30. The van der Waals surface area contributed by atoms with Gasteiger partial charge in [0, 0.05) is 0 Å². The topological polar surface area (TPSA) is 52.6 Å². The predicted octanol–water partition coefficient (Wildman–Crippen LogP) is 5.90. The SMILES string of the molecule is CCC(C)(C)C(C)c1ccc(C(=O)OCC(=O)OC(C)(C)C2CCCC2)cc1. The molecule has 1 aliphatic carbocycles. The van der Waals surface area contributed by atoms with Crippen LogP contribution in [0.3, 0.4) is 0 Å². The minimum absolute atomic E-state index is 0.192. The molecule has 0 spiro atoms. The molecule has 1 aromatic rings. The second-order valence-electron chi connectivity index (χ2n) is 9.32. The highest BCUT2D eigenvalue weighted by Crippen LogP contribution is 2.38. The van der Waals surface area contributed by atoms with Gasteiger partial charge in [0.25, 0.3) is 0 Å². The molecule has 1 saturated carbocycles. The minimum Gasteiger partial charge on any atom is -0.457 e. The first kappa shape index (κ1) is 22.4. The fourth-order valence-corrected chi connectivity index (χ4v) is 3.90. The summed E-state index contributed by atoms with van der Waals surface area (Å²) < 4.78 is 10.8. The molecule has 0 aliphatic heterocycles. The Bertz CT molecular complexity index is 666. The van der Waals surface area contributed by atoms with Crippen LogP contribution < -0.4 is 0 Å². The number of benzene rings is 1. The first-order valence-electron chi connectivity index (χ1n) is 10.6. The summed E-state index contributed by atoms with van der Waals surface area (Å²) in [6.45, 7) is 12.4. The van der Waals surface area contributed by atoms with Gasteiger partial charge in [-0.25, -0.2) is 9.59 Å². The maximum Gasteiger partial charge on any atom is 0.344 e. The Hall–Kier alpha value is -1.84. The first-order valence-corrected chi connectivity index (χ1v) is 10.6. The Labute approximate surface area is 170 Å². The number of ether oxygens (including phenoxy) is 2. The summed E-state index contributed by atoms with van der Waals surface area (Å²) in [6, 6.07) is 7.49. The van der Waals surface area contributed by atoms with Gasteiger partial charge in [0.05, 0.1) is 5.56 Å². The molecule has 0 saturated heterocycles. The monoisotopic (exact) mass is 388 g/mol. The van der Waals surface area contributed by atoms with E-state index in [1.807, 2.05) is 26.0 Å². The van der Waals surface area contributed by atoms with E-state index in [1.54, 1.807) is 12.1 Å². The van der Waals surface area contributed by atoms with Crippen molar-refractivity contribution in [2.24, 2.45) is 11.3 Å². The Morgan fingerprint density at radius 2 is 1.64 bits per heavy atom. The maximum atomic E-state index is 12.3. The van der Waals surface area contributed by atoms with Gasteiger partial charge in [0.2, 0.25) is 0 Å². The summed E-state index contributed by atoms with van der Waals surface area (Å²) in [5, 5.41) is 0. The summed E-state index contributed by atoms with van der Waals surface area (Å²) >= 11 is 0. The van der Waals surface area contributed by atoms with Gasteiger partial charge in [-0.3, -0.25) is 0 Å². The van der Waals surface area contributed by atoms with Gasteiger partial charge in [0.1, 0.15) is 5.60 Å². The van der Waals surface area contributed by atoms with E-state index < -0.39 is 17.5 Å². The molecule has 156 valence electrons. The van der Waals surface area contributed by atoms with E-state index in [9.17, 15) is 9.59 Å². The molecule has 0 bridgehead atoms. The fourth-order valence-electron chi connectivity index (χ4n) is 3.90. The van der Waals surface area contributed by atoms with Gasteiger partial charge in [-0.05, 0) is 61.6 Å². The Morgan fingerprint density at radius 1 is 1.07 bits per heavy atom. The molecule has 0 heterocycles. The van der Waals surface area contributed by atoms with Gasteiger partial charge in [0.15, 0.2) is 6.61 Å². The molecule has 0 radical (unpaired) electrons. The quantitative estimate of drug-likeness (QED) is 0.521. The van der Waals surface area contributed by atoms with Gasteiger partial charge in [-0.15, -0.1) is 0 Å². The van der Waals surface area contributed by atoms with Gasteiger partial charge >= 0.3 is 11.9 Å². The lowest BCUT2D eigenvalue weighted by molar-refractivity contribution is -0.165. The number of hydrogen-bond acceptors (Lipinski definition) is 4. The zero-order valence-electron chi connectivity index (χ0n) is 18.3. The maximum absolute atomic E-state index is 12.3. The molecule has 4 nitrogen and oxygen atoms in total. The Morgan fingerprint density at radius 3 is 2.18 bits per heavy atom. The fraction of sp³-hybridized carbons (Fsp3) is 0.667. The first-order chi connectivity index (χ1) is 13.1. The van der Waals surface area contributed by atoms with E-state index in [2.05, 4.69) is 27.7 Å². The summed E-state index contributed by atoms with van der Waals surface area (Å²) in [4.78, 5) is 24.4. The summed E-state index contributed by atoms with van der Waals surface area (Å²) in [7, 11) is 0. The average Bonchev–Trinajstić information content (AvgIpc) is 3.21. The molecule has 1 aliphatic rings. The summed E-state index contributed by atoms with van der Waals surface area (Å²) in [5.41, 5.74) is 1.33. The second-order valence-corrected chi connectivity index (χ2v) is 9.32. The molecule has 1 unspecified atom stereocenters. The number of carbonyl (C=O) groups is 2. The third kappa shape index (κ3) is 5.59. The largest absolute Gasteiger partial charge is 0.457 e. The normalized spacial score (nSPS) is 16.6. The smallest absolute Gasteiger partial charge is 0.344 e. The van der Waals surface area contributed by atoms with E-state index in [1.165, 1.54) is 18.4 Å². The van der Waals surface area contributed by atoms with Crippen molar-refractivity contribution in [3.63, 3.8) is 0 Å². The van der Waals surface area contributed by atoms with Gasteiger partial charge < -0.3 is 9.47 Å². The highest BCUT2D eigenvalue weighted by molar-refractivity contribution is 5.90. The van der Waals surface area contributed by atoms with Crippen molar-refractivity contribution in [1.29, 1.82) is 0 Å². The van der Waals surface area contributed by atoms with E-state index >= 15 is 0 Å². The third-order valence-electron chi connectivity index (χ3n) is 6.77. The van der Waals surface area contributed by atoms with Crippen molar-refractivity contribution in [1.82, 2.24) is 0 Å². The van der Waals surface area contributed by atoms with Crippen molar-refractivity contribution < 1.29 is 19.1 Å². The van der Waals surface area contributed by atoms with Crippen molar-refractivity contribution in [2.75, 3.05) is 6.61 Å². The highest BCUT2D eigenvalue weighted by atomic mass is 16.6.